The molecule has 1 aliphatic heterocycles. The number of halogens is 1. The van der Waals surface area contributed by atoms with E-state index in [-0.39, 0.29) is 17.4 Å². The molecule has 0 radical (unpaired) electrons. The number of fused-ring (bicyclic) bond motifs is 1. The number of piperidine rings is 1. The van der Waals surface area contributed by atoms with Crippen molar-refractivity contribution in [3.63, 3.8) is 0 Å². The molecule has 0 spiro atoms. The van der Waals surface area contributed by atoms with Gasteiger partial charge in [0.05, 0.1) is 23.0 Å². The van der Waals surface area contributed by atoms with Gasteiger partial charge in [0.15, 0.2) is 0 Å². The average Bonchev–Trinajstić information content (AvgIpc) is 3.35. The van der Waals surface area contributed by atoms with Gasteiger partial charge in [0.2, 0.25) is 5.91 Å². The number of benzene rings is 3. The van der Waals surface area contributed by atoms with Crippen LogP contribution in [0.25, 0.3) is 10.9 Å². The summed E-state index contributed by atoms with van der Waals surface area (Å²) in [6.07, 6.45) is 3.32. The van der Waals surface area contributed by atoms with Crippen molar-refractivity contribution in [1.29, 1.82) is 0 Å². The van der Waals surface area contributed by atoms with Crippen molar-refractivity contribution in [2.75, 3.05) is 30.9 Å². The Kier molecular flexibility index (Phi) is 7.42. The lowest BCUT2D eigenvalue weighted by molar-refractivity contribution is -0.123. The van der Waals surface area contributed by atoms with Gasteiger partial charge in [0, 0.05) is 44.8 Å². The second-order valence-electron chi connectivity index (χ2n) is 10.5. The van der Waals surface area contributed by atoms with Crippen LogP contribution in [0.5, 0.6) is 0 Å². The van der Waals surface area contributed by atoms with E-state index in [0.29, 0.717) is 24.9 Å². The van der Waals surface area contributed by atoms with Crippen molar-refractivity contribution in [2.45, 2.75) is 39.3 Å². The normalized spacial score (nSPS) is 17.3. The van der Waals surface area contributed by atoms with E-state index in [0.717, 1.165) is 34.4 Å². The zero-order chi connectivity index (χ0) is 27.7. The molecule has 202 valence electrons. The Balaban J connectivity index is 1.51. The Morgan fingerprint density at radius 2 is 1.82 bits per heavy atom. The Bertz CT molecular complexity index is 1490. The van der Waals surface area contributed by atoms with E-state index in [1.54, 1.807) is 24.0 Å². The third kappa shape index (κ3) is 5.13. The topological polar surface area (TPSA) is 57.6 Å². The second-order valence-corrected chi connectivity index (χ2v) is 10.5. The Morgan fingerprint density at radius 3 is 2.51 bits per heavy atom. The van der Waals surface area contributed by atoms with Crippen LogP contribution in [0, 0.1) is 18.7 Å². The molecular formula is C32H35FN4O2. The van der Waals surface area contributed by atoms with E-state index in [2.05, 4.69) is 22.9 Å². The highest BCUT2D eigenvalue weighted by Gasteiger charge is 2.40. The number of hydrogen-bond acceptors (Lipinski definition) is 3. The molecule has 3 aromatic carbocycles. The number of aryl methyl sites for hydroxylation is 2. The first-order valence-electron chi connectivity index (χ1n) is 13.5. The molecule has 1 saturated heterocycles. The Morgan fingerprint density at radius 1 is 1.05 bits per heavy atom. The Hall–Kier alpha value is -4.13. The quantitative estimate of drug-likeness (QED) is 0.316. The minimum absolute atomic E-state index is 0.0687. The van der Waals surface area contributed by atoms with Gasteiger partial charge in [0.1, 0.15) is 5.82 Å². The maximum absolute atomic E-state index is 14.9. The van der Waals surface area contributed by atoms with Crippen molar-refractivity contribution in [1.82, 2.24) is 9.47 Å². The number of nitrogens with one attached hydrogen (secondary N) is 1. The zero-order valence-electron chi connectivity index (χ0n) is 22.9. The van der Waals surface area contributed by atoms with Crippen molar-refractivity contribution in [3.8, 4) is 0 Å². The van der Waals surface area contributed by atoms with Gasteiger partial charge in [-0.05, 0) is 79.6 Å². The molecule has 2 heterocycles. The number of likely N-dealkylation sites (tertiary alicyclic amines) is 1. The number of carbonyl (C=O) groups excluding carboxylic acids is 2. The van der Waals surface area contributed by atoms with Gasteiger partial charge in [-0.3, -0.25) is 9.59 Å². The number of rotatable bonds is 6. The summed E-state index contributed by atoms with van der Waals surface area (Å²) < 4.78 is 17.0. The second kappa shape index (κ2) is 10.9. The summed E-state index contributed by atoms with van der Waals surface area (Å²) in [5.74, 6) is -1.56. The highest BCUT2D eigenvalue weighted by molar-refractivity contribution is 5.99. The molecular weight excluding hydrogens is 491 g/mol. The van der Waals surface area contributed by atoms with E-state index in [1.165, 1.54) is 6.07 Å². The lowest BCUT2D eigenvalue weighted by Gasteiger charge is -2.41. The van der Waals surface area contributed by atoms with Gasteiger partial charge in [-0.25, -0.2) is 4.39 Å². The monoisotopic (exact) mass is 526 g/mol. The van der Waals surface area contributed by atoms with Gasteiger partial charge < -0.3 is 19.7 Å². The molecule has 1 aromatic heterocycles. The molecule has 0 aliphatic carbocycles. The first kappa shape index (κ1) is 26.5. The summed E-state index contributed by atoms with van der Waals surface area (Å²) in [6.45, 7) is 5.11. The maximum atomic E-state index is 14.9. The molecule has 0 bridgehead atoms. The highest BCUT2D eigenvalue weighted by Crippen LogP contribution is 2.39. The van der Waals surface area contributed by atoms with Gasteiger partial charge in [-0.1, -0.05) is 30.3 Å². The summed E-state index contributed by atoms with van der Waals surface area (Å²) >= 11 is 0. The summed E-state index contributed by atoms with van der Waals surface area (Å²) in [5.41, 5.74) is 4.31. The smallest absolute Gasteiger partial charge is 0.257 e. The number of anilines is 2. The molecule has 7 heteroatoms. The van der Waals surface area contributed by atoms with E-state index in [9.17, 15) is 14.0 Å². The third-order valence-electron chi connectivity index (χ3n) is 7.80. The molecule has 0 unspecified atom stereocenters. The molecule has 1 fully saturated rings. The van der Waals surface area contributed by atoms with Crippen LogP contribution in [-0.4, -0.2) is 41.9 Å². The number of amides is 2. The molecule has 2 atom stereocenters. The molecule has 39 heavy (non-hydrogen) atoms. The van der Waals surface area contributed by atoms with Crippen LogP contribution in [0.2, 0.25) is 0 Å². The molecule has 2 amide bonds. The maximum Gasteiger partial charge on any atom is 0.257 e. The van der Waals surface area contributed by atoms with E-state index in [1.807, 2.05) is 67.7 Å². The van der Waals surface area contributed by atoms with E-state index in [4.69, 9.17) is 0 Å². The SMILES string of the molecule is CCn1ccc2ccc(NC(=O)[C@H]3CCCN(C(=O)c4c(C)cccc4F)[C@H]3c3ccc(N(C)C)cc3)cc21. The lowest BCUT2D eigenvalue weighted by atomic mass is 9.83. The molecule has 6 nitrogen and oxygen atoms in total. The molecule has 1 N–H and O–H groups in total. The average molecular weight is 527 g/mol. The van der Waals surface area contributed by atoms with Gasteiger partial charge in [-0.2, -0.15) is 0 Å². The predicted octanol–water partition coefficient (Wildman–Crippen LogP) is 6.41. The van der Waals surface area contributed by atoms with Gasteiger partial charge in [-0.15, -0.1) is 0 Å². The zero-order valence-corrected chi connectivity index (χ0v) is 22.9. The van der Waals surface area contributed by atoms with Crippen LogP contribution in [0.4, 0.5) is 15.8 Å². The fourth-order valence-electron chi connectivity index (χ4n) is 5.70. The molecule has 5 rings (SSSR count). The fourth-order valence-corrected chi connectivity index (χ4v) is 5.70. The van der Waals surface area contributed by atoms with Crippen LogP contribution >= 0.6 is 0 Å². The van der Waals surface area contributed by atoms with E-state index >= 15 is 0 Å². The lowest BCUT2D eigenvalue weighted by Crippen LogP contribution is -2.46. The van der Waals surface area contributed by atoms with Gasteiger partial charge >= 0.3 is 0 Å². The van der Waals surface area contributed by atoms with Crippen LogP contribution in [0.15, 0.2) is 72.9 Å². The van der Waals surface area contributed by atoms with Crippen molar-refractivity contribution >= 4 is 34.1 Å². The van der Waals surface area contributed by atoms with Crippen molar-refractivity contribution < 1.29 is 14.0 Å². The van der Waals surface area contributed by atoms with Gasteiger partial charge in [0.25, 0.3) is 5.91 Å². The summed E-state index contributed by atoms with van der Waals surface area (Å²) in [6, 6.07) is 20.0. The number of aromatic nitrogens is 1. The number of hydrogen-bond donors (Lipinski definition) is 1. The largest absolute Gasteiger partial charge is 0.378 e. The van der Waals surface area contributed by atoms with Crippen LogP contribution < -0.4 is 10.2 Å². The van der Waals surface area contributed by atoms with Crippen LogP contribution in [0.1, 0.15) is 47.3 Å². The number of carbonyl (C=O) groups is 2. The molecule has 0 saturated carbocycles. The minimum Gasteiger partial charge on any atom is -0.378 e. The first-order valence-corrected chi connectivity index (χ1v) is 13.5. The first-order chi connectivity index (χ1) is 18.8. The fraction of sp³-hybridized carbons (Fsp3) is 0.312. The van der Waals surface area contributed by atoms with Crippen LogP contribution in [0.3, 0.4) is 0 Å². The van der Waals surface area contributed by atoms with Crippen molar-refractivity contribution in [2.24, 2.45) is 5.92 Å². The highest BCUT2D eigenvalue weighted by atomic mass is 19.1. The Labute approximate surface area is 229 Å². The third-order valence-corrected chi connectivity index (χ3v) is 7.80. The van der Waals surface area contributed by atoms with Crippen molar-refractivity contribution in [3.05, 3.63) is 95.4 Å². The predicted molar refractivity (Wildman–Crippen MR) is 155 cm³/mol. The van der Waals surface area contributed by atoms with E-state index < -0.39 is 17.8 Å². The minimum atomic E-state index is -0.541. The van der Waals surface area contributed by atoms with Crippen LogP contribution in [-0.2, 0) is 11.3 Å². The summed E-state index contributed by atoms with van der Waals surface area (Å²) in [7, 11) is 3.93. The summed E-state index contributed by atoms with van der Waals surface area (Å²) in [5, 5.41) is 4.24. The molecule has 4 aromatic rings. The molecule has 1 aliphatic rings. The number of nitrogens with zero attached hydrogens (tertiary/aromatic N) is 3. The summed E-state index contributed by atoms with van der Waals surface area (Å²) in [4.78, 5) is 31.4. The standard InChI is InChI=1S/C32H35FN4O2/c1-5-36-19-17-22-11-14-24(20-28(22)36)34-31(38)26-9-7-18-37(32(39)29-21(2)8-6-10-27(29)33)30(26)23-12-15-25(16-13-23)35(3)4/h6,8,10-17,19-20,26,30H,5,7,9,18H2,1-4H3,(H,34,38)/t26-,30-/m0/s1.